The fourth-order valence-electron chi connectivity index (χ4n) is 1.29. The van der Waals surface area contributed by atoms with Crippen molar-refractivity contribution in [3.8, 4) is 0 Å². The van der Waals surface area contributed by atoms with Crippen LogP contribution in [0.5, 0.6) is 0 Å². The van der Waals surface area contributed by atoms with E-state index in [1.54, 1.807) is 0 Å². The molecule has 7 heteroatoms. The topological polar surface area (TPSA) is 62.7 Å². The Morgan fingerprint density at radius 2 is 2.18 bits per heavy atom. The second-order valence-corrected chi connectivity index (χ2v) is 4.67. The van der Waals surface area contributed by atoms with Gasteiger partial charge in [0.05, 0.1) is 6.42 Å². The van der Waals surface area contributed by atoms with Crippen LogP contribution in [0.25, 0.3) is 0 Å². The zero-order valence-corrected chi connectivity index (χ0v) is 11.1. The molecule has 5 nitrogen and oxygen atoms in total. The van der Waals surface area contributed by atoms with Crippen LogP contribution >= 0.6 is 28.1 Å². The molecule has 1 aromatic heterocycles. The number of halogens is 1. The van der Waals surface area contributed by atoms with Gasteiger partial charge in [0, 0.05) is 4.47 Å². The van der Waals surface area contributed by atoms with Gasteiger partial charge in [-0.3, -0.25) is 15.3 Å². The molecule has 0 aliphatic carbocycles. The Bertz CT molecular complexity index is 574. The first kappa shape index (κ1) is 12.0. The SMILES string of the molecule is O=C(Cc1ccc(Br)cc1)Nn1cn[nH]c1=S. The Balaban J connectivity index is 2.00. The molecule has 0 aliphatic heterocycles. The minimum atomic E-state index is -0.148. The molecular formula is C10H9BrN4OS. The van der Waals surface area contributed by atoms with Gasteiger partial charge in [-0.05, 0) is 29.9 Å². The molecule has 0 fully saturated rings. The summed E-state index contributed by atoms with van der Waals surface area (Å²) in [5.74, 6) is -0.148. The summed E-state index contributed by atoms with van der Waals surface area (Å²) in [4.78, 5) is 11.7. The number of carbonyl (C=O) groups excluding carboxylic acids is 1. The summed E-state index contributed by atoms with van der Waals surface area (Å²) in [6.07, 6.45) is 1.71. The van der Waals surface area contributed by atoms with Gasteiger partial charge in [0.25, 0.3) is 0 Å². The number of amides is 1. The molecule has 1 heterocycles. The van der Waals surface area contributed by atoms with Gasteiger partial charge in [0.1, 0.15) is 6.33 Å². The zero-order chi connectivity index (χ0) is 12.3. The standard InChI is InChI=1S/C10H9BrN4OS/c11-8-3-1-7(2-4-8)5-9(16)14-15-6-12-13-10(15)17/h1-4,6H,5H2,(H,13,17)(H,14,16). The van der Waals surface area contributed by atoms with E-state index in [0.717, 1.165) is 10.0 Å². The van der Waals surface area contributed by atoms with E-state index in [-0.39, 0.29) is 5.91 Å². The van der Waals surface area contributed by atoms with Crippen LogP contribution < -0.4 is 5.43 Å². The predicted molar refractivity (Wildman–Crippen MR) is 69.6 cm³/mol. The summed E-state index contributed by atoms with van der Waals surface area (Å²) >= 11 is 8.25. The monoisotopic (exact) mass is 312 g/mol. The van der Waals surface area contributed by atoms with E-state index in [1.165, 1.54) is 11.0 Å². The highest BCUT2D eigenvalue weighted by Crippen LogP contribution is 2.10. The molecule has 1 aromatic carbocycles. The van der Waals surface area contributed by atoms with Crippen molar-refractivity contribution in [2.24, 2.45) is 0 Å². The second kappa shape index (κ2) is 5.24. The molecule has 0 unspecified atom stereocenters. The molecule has 0 radical (unpaired) electrons. The Labute approximate surface area is 111 Å². The van der Waals surface area contributed by atoms with E-state index in [9.17, 15) is 4.79 Å². The van der Waals surface area contributed by atoms with Crippen LogP contribution in [0.3, 0.4) is 0 Å². The van der Waals surface area contributed by atoms with E-state index in [0.29, 0.717) is 11.2 Å². The van der Waals surface area contributed by atoms with Gasteiger partial charge in [0.2, 0.25) is 10.7 Å². The van der Waals surface area contributed by atoms with Gasteiger partial charge in [-0.2, -0.15) is 5.10 Å². The number of aromatic nitrogens is 3. The number of hydrogen-bond acceptors (Lipinski definition) is 3. The highest BCUT2D eigenvalue weighted by atomic mass is 79.9. The van der Waals surface area contributed by atoms with Crippen molar-refractivity contribution in [3.63, 3.8) is 0 Å². The molecule has 0 saturated carbocycles. The molecule has 0 saturated heterocycles. The highest BCUT2D eigenvalue weighted by molar-refractivity contribution is 9.10. The summed E-state index contributed by atoms with van der Waals surface area (Å²) in [7, 11) is 0. The highest BCUT2D eigenvalue weighted by Gasteiger charge is 2.04. The third-order valence-corrected chi connectivity index (χ3v) is 2.89. The van der Waals surface area contributed by atoms with E-state index in [4.69, 9.17) is 12.2 Å². The Kier molecular flexibility index (Phi) is 3.70. The first-order valence-electron chi connectivity index (χ1n) is 4.81. The van der Waals surface area contributed by atoms with Crippen LogP contribution in [-0.4, -0.2) is 20.8 Å². The van der Waals surface area contributed by atoms with Crippen molar-refractivity contribution in [3.05, 3.63) is 45.4 Å². The van der Waals surface area contributed by atoms with Crippen LogP contribution in [0, 0.1) is 4.77 Å². The zero-order valence-electron chi connectivity index (χ0n) is 8.68. The normalized spacial score (nSPS) is 10.2. The largest absolute Gasteiger partial charge is 0.273 e. The summed E-state index contributed by atoms with van der Waals surface area (Å²) in [5, 5.41) is 6.26. The lowest BCUT2D eigenvalue weighted by Crippen LogP contribution is -2.23. The van der Waals surface area contributed by atoms with Crippen LogP contribution in [0.15, 0.2) is 35.1 Å². The first-order chi connectivity index (χ1) is 8.15. The first-order valence-corrected chi connectivity index (χ1v) is 6.01. The van der Waals surface area contributed by atoms with Crippen LogP contribution in [-0.2, 0) is 11.2 Å². The van der Waals surface area contributed by atoms with Crippen LogP contribution in [0.4, 0.5) is 0 Å². The maximum Gasteiger partial charge on any atom is 0.243 e. The fourth-order valence-corrected chi connectivity index (χ4v) is 1.70. The molecule has 0 aliphatic rings. The number of rotatable bonds is 3. The molecule has 0 bridgehead atoms. The second-order valence-electron chi connectivity index (χ2n) is 3.37. The van der Waals surface area contributed by atoms with Crippen molar-refractivity contribution in [2.45, 2.75) is 6.42 Å². The van der Waals surface area contributed by atoms with Crippen LogP contribution in [0.2, 0.25) is 0 Å². The van der Waals surface area contributed by atoms with Gasteiger partial charge in [0.15, 0.2) is 0 Å². The van der Waals surface area contributed by atoms with Crippen molar-refractivity contribution in [1.82, 2.24) is 14.9 Å². The van der Waals surface area contributed by atoms with Gasteiger partial charge < -0.3 is 0 Å². The molecular weight excluding hydrogens is 304 g/mol. The Morgan fingerprint density at radius 1 is 1.47 bits per heavy atom. The number of benzene rings is 1. The average Bonchev–Trinajstić information content (AvgIpc) is 2.68. The minimum Gasteiger partial charge on any atom is -0.273 e. The quantitative estimate of drug-likeness (QED) is 0.852. The fraction of sp³-hybridized carbons (Fsp3) is 0.100. The van der Waals surface area contributed by atoms with E-state index < -0.39 is 0 Å². The lowest BCUT2D eigenvalue weighted by Gasteiger charge is -2.04. The molecule has 1 amide bonds. The Hall–Kier alpha value is -1.47. The van der Waals surface area contributed by atoms with E-state index in [2.05, 4.69) is 31.6 Å². The predicted octanol–water partition coefficient (Wildman–Crippen LogP) is 2.02. The summed E-state index contributed by atoms with van der Waals surface area (Å²) in [5.41, 5.74) is 3.55. The number of nitrogens with one attached hydrogen (secondary N) is 2. The smallest absolute Gasteiger partial charge is 0.243 e. The number of H-pyrrole nitrogens is 1. The van der Waals surface area contributed by atoms with Gasteiger partial charge in [-0.15, -0.1) is 0 Å². The van der Waals surface area contributed by atoms with E-state index >= 15 is 0 Å². The number of aromatic amines is 1. The lowest BCUT2D eigenvalue weighted by atomic mass is 10.1. The number of hydrogen-bond donors (Lipinski definition) is 2. The third kappa shape index (κ3) is 3.24. The lowest BCUT2D eigenvalue weighted by molar-refractivity contribution is -0.116. The van der Waals surface area contributed by atoms with Crippen molar-refractivity contribution in [1.29, 1.82) is 0 Å². The average molecular weight is 313 g/mol. The third-order valence-electron chi connectivity index (χ3n) is 2.08. The minimum absolute atomic E-state index is 0.148. The van der Waals surface area contributed by atoms with Crippen molar-refractivity contribution < 1.29 is 4.79 Å². The molecule has 0 atom stereocenters. The molecule has 0 spiro atoms. The maximum absolute atomic E-state index is 11.7. The number of carbonyl (C=O) groups is 1. The summed E-state index contributed by atoms with van der Waals surface area (Å²) < 4.78 is 2.71. The van der Waals surface area contributed by atoms with Gasteiger partial charge >= 0.3 is 0 Å². The van der Waals surface area contributed by atoms with Gasteiger partial charge in [-0.1, -0.05) is 28.1 Å². The van der Waals surface area contributed by atoms with Crippen molar-refractivity contribution >= 4 is 34.1 Å². The maximum atomic E-state index is 11.7. The van der Waals surface area contributed by atoms with Gasteiger partial charge in [-0.25, -0.2) is 4.68 Å². The molecule has 2 rings (SSSR count). The van der Waals surface area contributed by atoms with Crippen LogP contribution in [0.1, 0.15) is 5.56 Å². The molecule has 88 valence electrons. The van der Waals surface area contributed by atoms with Crippen molar-refractivity contribution in [2.75, 3.05) is 5.43 Å². The number of nitrogens with zero attached hydrogens (tertiary/aromatic N) is 2. The summed E-state index contributed by atoms with van der Waals surface area (Å²) in [6, 6.07) is 7.56. The molecule has 2 aromatic rings. The molecule has 2 N–H and O–H groups in total. The van der Waals surface area contributed by atoms with E-state index in [1.807, 2.05) is 24.3 Å². The summed E-state index contributed by atoms with van der Waals surface area (Å²) in [6.45, 7) is 0. The molecule has 17 heavy (non-hydrogen) atoms. The Morgan fingerprint density at radius 3 is 2.76 bits per heavy atom.